The standard InChI is InChI=1S/C20H18N4O2S/c1-13-8-9-14(2)17(12-13)27-20-15(6-5-11-22-20)18(25)23-24-19(26)16-7-3-4-10-21-16/h3-12H,1-2H3,(H,23,25)(H,24,26). The van der Waals surface area contributed by atoms with Gasteiger partial charge in [0.15, 0.2) is 0 Å². The largest absolute Gasteiger partial charge is 0.288 e. The fourth-order valence-electron chi connectivity index (χ4n) is 2.31. The molecule has 2 aromatic heterocycles. The summed E-state index contributed by atoms with van der Waals surface area (Å²) in [5, 5.41) is 0.566. The maximum absolute atomic E-state index is 12.5. The van der Waals surface area contributed by atoms with E-state index in [-0.39, 0.29) is 5.69 Å². The summed E-state index contributed by atoms with van der Waals surface area (Å²) in [6.07, 6.45) is 3.15. The van der Waals surface area contributed by atoms with Crippen LogP contribution in [0, 0.1) is 13.8 Å². The van der Waals surface area contributed by atoms with Crippen molar-refractivity contribution in [1.82, 2.24) is 20.8 Å². The maximum atomic E-state index is 12.5. The van der Waals surface area contributed by atoms with Crippen LogP contribution in [-0.2, 0) is 0 Å². The molecule has 27 heavy (non-hydrogen) atoms. The zero-order valence-electron chi connectivity index (χ0n) is 14.9. The summed E-state index contributed by atoms with van der Waals surface area (Å²) in [5.41, 5.74) is 7.62. The minimum Gasteiger partial charge on any atom is -0.267 e. The zero-order valence-corrected chi connectivity index (χ0v) is 15.7. The van der Waals surface area contributed by atoms with E-state index in [0.717, 1.165) is 16.0 Å². The van der Waals surface area contributed by atoms with E-state index < -0.39 is 11.8 Å². The molecule has 136 valence electrons. The number of amides is 2. The molecule has 0 unspecified atom stereocenters. The van der Waals surface area contributed by atoms with Gasteiger partial charge in [-0.3, -0.25) is 25.4 Å². The highest BCUT2D eigenvalue weighted by atomic mass is 32.2. The number of nitrogens with zero attached hydrogens (tertiary/aromatic N) is 2. The van der Waals surface area contributed by atoms with Crippen molar-refractivity contribution >= 4 is 23.6 Å². The molecular weight excluding hydrogens is 360 g/mol. The summed E-state index contributed by atoms with van der Waals surface area (Å²) in [4.78, 5) is 33.9. The summed E-state index contributed by atoms with van der Waals surface area (Å²) in [5.74, 6) is -0.934. The summed E-state index contributed by atoms with van der Waals surface area (Å²) in [7, 11) is 0. The van der Waals surface area contributed by atoms with Crippen LogP contribution in [0.15, 0.2) is 70.8 Å². The minimum absolute atomic E-state index is 0.217. The molecule has 3 aromatic rings. The zero-order chi connectivity index (χ0) is 19.2. The number of carbonyl (C=O) groups excluding carboxylic acids is 2. The second kappa shape index (κ2) is 8.46. The number of carbonyl (C=O) groups is 2. The average molecular weight is 378 g/mol. The van der Waals surface area contributed by atoms with Gasteiger partial charge in [0, 0.05) is 17.3 Å². The first-order chi connectivity index (χ1) is 13.0. The number of nitrogens with one attached hydrogen (secondary N) is 2. The van der Waals surface area contributed by atoms with Crippen LogP contribution in [0.5, 0.6) is 0 Å². The van der Waals surface area contributed by atoms with Crippen molar-refractivity contribution in [2.75, 3.05) is 0 Å². The lowest BCUT2D eigenvalue weighted by atomic mass is 10.2. The molecule has 0 radical (unpaired) electrons. The predicted octanol–water partition coefficient (Wildman–Crippen LogP) is 3.32. The SMILES string of the molecule is Cc1ccc(C)c(Sc2ncccc2C(=O)NNC(=O)c2ccccn2)c1. The molecular formula is C20H18N4O2S. The Balaban J connectivity index is 1.74. The molecule has 0 aliphatic rings. The quantitative estimate of drug-likeness (QED) is 0.681. The van der Waals surface area contributed by atoms with Crippen molar-refractivity contribution in [3.63, 3.8) is 0 Å². The number of aromatic nitrogens is 2. The van der Waals surface area contributed by atoms with Crippen LogP contribution in [-0.4, -0.2) is 21.8 Å². The van der Waals surface area contributed by atoms with Crippen molar-refractivity contribution in [3.05, 3.63) is 83.3 Å². The number of pyridine rings is 2. The Kier molecular flexibility index (Phi) is 5.83. The van der Waals surface area contributed by atoms with Crippen molar-refractivity contribution in [1.29, 1.82) is 0 Å². The van der Waals surface area contributed by atoms with E-state index in [9.17, 15) is 9.59 Å². The number of rotatable bonds is 4. The smallest absolute Gasteiger partial charge is 0.267 e. The van der Waals surface area contributed by atoms with E-state index in [4.69, 9.17) is 0 Å². The molecule has 0 saturated carbocycles. The van der Waals surface area contributed by atoms with E-state index in [0.29, 0.717) is 10.6 Å². The normalized spacial score (nSPS) is 10.3. The number of hydrogen-bond acceptors (Lipinski definition) is 5. The summed E-state index contributed by atoms with van der Waals surface area (Å²) < 4.78 is 0. The van der Waals surface area contributed by atoms with Gasteiger partial charge >= 0.3 is 0 Å². The van der Waals surface area contributed by atoms with Crippen molar-refractivity contribution < 1.29 is 9.59 Å². The molecule has 0 aliphatic carbocycles. The Labute approximate surface area is 161 Å². The van der Waals surface area contributed by atoms with Crippen LogP contribution in [0.3, 0.4) is 0 Å². The third kappa shape index (κ3) is 4.71. The molecule has 0 fully saturated rings. The predicted molar refractivity (Wildman–Crippen MR) is 103 cm³/mol. The van der Waals surface area contributed by atoms with E-state index in [1.807, 2.05) is 26.0 Å². The Hall–Kier alpha value is -3.19. The van der Waals surface area contributed by atoms with Gasteiger partial charge in [0.25, 0.3) is 11.8 Å². The first-order valence-corrected chi connectivity index (χ1v) is 9.08. The molecule has 1 aromatic carbocycles. The average Bonchev–Trinajstić information content (AvgIpc) is 2.69. The molecule has 0 aliphatic heterocycles. The molecule has 2 amide bonds. The van der Waals surface area contributed by atoms with Gasteiger partial charge in [0.1, 0.15) is 10.7 Å². The summed E-state index contributed by atoms with van der Waals surface area (Å²) in [6.45, 7) is 4.03. The van der Waals surface area contributed by atoms with Gasteiger partial charge in [-0.2, -0.15) is 0 Å². The minimum atomic E-state index is -0.489. The molecule has 0 atom stereocenters. The van der Waals surface area contributed by atoms with Gasteiger partial charge < -0.3 is 0 Å². The first kappa shape index (κ1) is 18.6. The first-order valence-electron chi connectivity index (χ1n) is 8.26. The lowest BCUT2D eigenvalue weighted by Crippen LogP contribution is -2.42. The Morgan fingerprint density at radius 2 is 1.67 bits per heavy atom. The molecule has 6 nitrogen and oxygen atoms in total. The number of aryl methyl sites for hydroxylation is 2. The molecule has 3 rings (SSSR count). The van der Waals surface area contributed by atoms with Crippen LogP contribution >= 0.6 is 11.8 Å². The number of benzene rings is 1. The molecule has 2 heterocycles. The van der Waals surface area contributed by atoms with Crippen LogP contribution in [0.25, 0.3) is 0 Å². The lowest BCUT2D eigenvalue weighted by Gasteiger charge is -2.11. The lowest BCUT2D eigenvalue weighted by molar-refractivity contribution is 0.0842. The fourth-order valence-corrected chi connectivity index (χ4v) is 3.37. The van der Waals surface area contributed by atoms with E-state index in [1.54, 1.807) is 36.5 Å². The molecule has 2 N–H and O–H groups in total. The van der Waals surface area contributed by atoms with E-state index >= 15 is 0 Å². The third-order valence-corrected chi connectivity index (χ3v) is 4.93. The van der Waals surface area contributed by atoms with Crippen molar-refractivity contribution in [3.8, 4) is 0 Å². The van der Waals surface area contributed by atoms with E-state index in [1.165, 1.54) is 18.0 Å². The topological polar surface area (TPSA) is 84.0 Å². The molecule has 0 bridgehead atoms. The number of hydrogen-bond donors (Lipinski definition) is 2. The van der Waals surface area contributed by atoms with Crippen molar-refractivity contribution in [2.45, 2.75) is 23.8 Å². The van der Waals surface area contributed by atoms with Gasteiger partial charge in [-0.15, -0.1) is 0 Å². The summed E-state index contributed by atoms with van der Waals surface area (Å²) in [6, 6.07) is 14.5. The van der Waals surface area contributed by atoms with Gasteiger partial charge in [0.05, 0.1) is 5.56 Å². The third-order valence-electron chi connectivity index (χ3n) is 3.75. The fraction of sp³-hybridized carbons (Fsp3) is 0.100. The highest BCUT2D eigenvalue weighted by Gasteiger charge is 2.15. The van der Waals surface area contributed by atoms with Crippen molar-refractivity contribution in [2.24, 2.45) is 0 Å². The maximum Gasteiger partial charge on any atom is 0.288 e. The van der Waals surface area contributed by atoms with Gasteiger partial charge in [-0.25, -0.2) is 4.98 Å². The highest BCUT2D eigenvalue weighted by molar-refractivity contribution is 7.99. The molecule has 7 heteroatoms. The van der Waals surface area contributed by atoms with Gasteiger partial charge in [-0.1, -0.05) is 30.0 Å². The molecule has 0 saturated heterocycles. The summed E-state index contributed by atoms with van der Waals surface area (Å²) >= 11 is 1.42. The second-order valence-corrected chi connectivity index (χ2v) is 6.88. The second-order valence-electron chi connectivity index (χ2n) is 5.85. The van der Waals surface area contributed by atoms with Gasteiger partial charge in [-0.05, 0) is 55.3 Å². The van der Waals surface area contributed by atoms with Gasteiger partial charge in [0.2, 0.25) is 0 Å². The van der Waals surface area contributed by atoms with Crippen LogP contribution < -0.4 is 10.9 Å². The Morgan fingerprint density at radius 3 is 2.44 bits per heavy atom. The Bertz CT molecular complexity index is 977. The molecule has 0 spiro atoms. The van der Waals surface area contributed by atoms with Crippen LogP contribution in [0.4, 0.5) is 0 Å². The van der Waals surface area contributed by atoms with Crippen LogP contribution in [0.2, 0.25) is 0 Å². The van der Waals surface area contributed by atoms with E-state index in [2.05, 4.69) is 26.9 Å². The van der Waals surface area contributed by atoms with Crippen LogP contribution in [0.1, 0.15) is 32.0 Å². The monoisotopic (exact) mass is 378 g/mol. The highest BCUT2D eigenvalue weighted by Crippen LogP contribution is 2.31. The number of hydrazine groups is 1. The Morgan fingerprint density at radius 1 is 0.889 bits per heavy atom.